The summed E-state index contributed by atoms with van der Waals surface area (Å²) in [6.45, 7) is 1.90. The van der Waals surface area contributed by atoms with Gasteiger partial charge < -0.3 is 9.84 Å². The fourth-order valence-electron chi connectivity index (χ4n) is 1.15. The van der Waals surface area contributed by atoms with E-state index in [1.165, 1.54) is 0 Å². The molecule has 0 heterocycles. The third-order valence-corrected chi connectivity index (χ3v) is 1.96. The average molecular weight is 187 g/mol. The summed E-state index contributed by atoms with van der Waals surface area (Å²) >= 11 is 5.88. The number of hydrogen-bond acceptors (Lipinski definition) is 2. The maximum atomic E-state index is 8.85. The number of hydrogen-bond donors (Lipinski definition) is 1. The Kier molecular flexibility index (Phi) is 2.95. The summed E-state index contributed by atoms with van der Waals surface area (Å²) in [6.07, 6.45) is 0. The maximum absolute atomic E-state index is 8.85. The number of rotatable bonds is 2. The normalized spacial score (nSPS) is 10.0. The summed E-state index contributed by atoms with van der Waals surface area (Å²) in [4.78, 5) is 0. The number of aryl methyl sites for hydroxylation is 1. The van der Waals surface area contributed by atoms with E-state index in [-0.39, 0.29) is 6.61 Å². The quantitative estimate of drug-likeness (QED) is 0.767. The van der Waals surface area contributed by atoms with Crippen LogP contribution in [-0.4, -0.2) is 12.2 Å². The SMILES string of the molecule is COc1c(C)cc(CO)cc1Cl. The largest absolute Gasteiger partial charge is 0.495 e. The van der Waals surface area contributed by atoms with Crippen LogP contribution in [-0.2, 0) is 6.61 Å². The summed E-state index contributed by atoms with van der Waals surface area (Å²) in [6, 6.07) is 3.55. The van der Waals surface area contributed by atoms with Gasteiger partial charge in [-0.15, -0.1) is 0 Å². The Bertz CT molecular complexity index is 261. The number of aliphatic hydroxyl groups excluding tert-OH is 1. The monoisotopic (exact) mass is 186 g/mol. The van der Waals surface area contributed by atoms with Crippen LogP contribution in [0.5, 0.6) is 5.75 Å². The molecule has 1 rings (SSSR count). The van der Waals surface area contributed by atoms with E-state index in [4.69, 9.17) is 21.4 Å². The van der Waals surface area contributed by atoms with Crippen molar-refractivity contribution >= 4 is 11.6 Å². The summed E-state index contributed by atoms with van der Waals surface area (Å²) in [5.74, 6) is 0.675. The molecule has 0 spiro atoms. The van der Waals surface area contributed by atoms with Gasteiger partial charge in [0.1, 0.15) is 5.75 Å². The van der Waals surface area contributed by atoms with Crippen molar-refractivity contribution in [2.75, 3.05) is 7.11 Å². The molecule has 0 unspecified atom stereocenters. The Morgan fingerprint density at radius 2 is 2.17 bits per heavy atom. The van der Waals surface area contributed by atoms with Crippen LogP contribution in [0.1, 0.15) is 11.1 Å². The van der Waals surface area contributed by atoms with E-state index in [0.717, 1.165) is 11.1 Å². The van der Waals surface area contributed by atoms with Crippen molar-refractivity contribution in [1.82, 2.24) is 0 Å². The molecular weight excluding hydrogens is 176 g/mol. The van der Waals surface area contributed by atoms with Crippen molar-refractivity contribution in [3.05, 3.63) is 28.3 Å². The smallest absolute Gasteiger partial charge is 0.140 e. The highest BCUT2D eigenvalue weighted by molar-refractivity contribution is 6.32. The van der Waals surface area contributed by atoms with Crippen molar-refractivity contribution < 1.29 is 9.84 Å². The molecule has 0 saturated heterocycles. The van der Waals surface area contributed by atoms with E-state index in [9.17, 15) is 0 Å². The predicted molar refractivity (Wildman–Crippen MR) is 48.7 cm³/mol. The molecule has 0 saturated carbocycles. The minimum Gasteiger partial charge on any atom is -0.495 e. The molecule has 0 amide bonds. The minimum atomic E-state index is 0.00452. The average Bonchev–Trinajstić information content (AvgIpc) is 2.03. The molecule has 2 nitrogen and oxygen atoms in total. The van der Waals surface area contributed by atoms with Gasteiger partial charge in [-0.25, -0.2) is 0 Å². The van der Waals surface area contributed by atoms with Crippen LogP contribution in [0.15, 0.2) is 12.1 Å². The molecule has 1 aromatic rings. The molecule has 3 heteroatoms. The Morgan fingerprint density at radius 1 is 1.50 bits per heavy atom. The first-order valence-corrected chi connectivity index (χ1v) is 4.00. The van der Waals surface area contributed by atoms with Gasteiger partial charge in [0, 0.05) is 0 Å². The second-order valence-electron chi connectivity index (χ2n) is 2.59. The van der Waals surface area contributed by atoms with Gasteiger partial charge >= 0.3 is 0 Å². The summed E-state index contributed by atoms with van der Waals surface area (Å²) in [5.41, 5.74) is 1.74. The highest BCUT2D eigenvalue weighted by atomic mass is 35.5. The molecule has 0 radical (unpaired) electrons. The Morgan fingerprint density at radius 3 is 2.58 bits per heavy atom. The van der Waals surface area contributed by atoms with Gasteiger partial charge in [-0.1, -0.05) is 11.6 Å². The van der Waals surface area contributed by atoms with Gasteiger partial charge in [0.15, 0.2) is 0 Å². The van der Waals surface area contributed by atoms with Gasteiger partial charge in [0.25, 0.3) is 0 Å². The van der Waals surface area contributed by atoms with Crippen LogP contribution in [0.4, 0.5) is 0 Å². The summed E-state index contributed by atoms with van der Waals surface area (Å²) < 4.78 is 5.06. The summed E-state index contributed by atoms with van der Waals surface area (Å²) in [7, 11) is 1.58. The molecule has 0 atom stereocenters. The van der Waals surface area contributed by atoms with Gasteiger partial charge in [-0.2, -0.15) is 0 Å². The number of benzene rings is 1. The zero-order valence-electron chi connectivity index (χ0n) is 7.10. The van der Waals surface area contributed by atoms with Crippen LogP contribution in [0.3, 0.4) is 0 Å². The lowest BCUT2D eigenvalue weighted by Crippen LogP contribution is -1.91. The van der Waals surface area contributed by atoms with E-state index in [0.29, 0.717) is 10.8 Å². The zero-order valence-corrected chi connectivity index (χ0v) is 7.85. The van der Waals surface area contributed by atoms with Gasteiger partial charge in [-0.3, -0.25) is 0 Å². The fourth-order valence-corrected chi connectivity index (χ4v) is 1.52. The minimum absolute atomic E-state index is 0.00452. The first-order valence-electron chi connectivity index (χ1n) is 3.63. The first-order chi connectivity index (χ1) is 5.69. The van der Waals surface area contributed by atoms with E-state index >= 15 is 0 Å². The molecule has 0 aromatic heterocycles. The Hall–Kier alpha value is -0.730. The third kappa shape index (κ3) is 1.71. The molecule has 1 aromatic carbocycles. The van der Waals surface area contributed by atoms with Gasteiger partial charge in [0.2, 0.25) is 0 Å². The highest BCUT2D eigenvalue weighted by Crippen LogP contribution is 2.29. The zero-order chi connectivity index (χ0) is 9.14. The van der Waals surface area contributed by atoms with Crippen molar-refractivity contribution in [1.29, 1.82) is 0 Å². The lowest BCUT2D eigenvalue weighted by molar-refractivity contribution is 0.281. The van der Waals surface area contributed by atoms with E-state index < -0.39 is 0 Å². The fraction of sp³-hybridized carbons (Fsp3) is 0.333. The molecular formula is C9H11ClO2. The van der Waals surface area contributed by atoms with Crippen LogP contribution in [0, 0.1) is 6.92 Å². The van der Waals surface area contributed by atoms with Crippen molar-refractivity contribution in [3.63, 3.8) is 0 Å². The van der Waals surface area contributed by atoms with Crippen molar-refractivity contribution in [2.45, 2.75) is 13.5 Å². The standard InChI is InChI=1S/C9H11ClO2/c1-6-3-7(5-11)4-8(10)9(6)12-2/h3-4,11H,5H2,1-2H3. The lowest BCUT2D eigenvalue weighted by Gasteiger charge is -2.08. The van der Waals surface area contributed by atoms with E-state index in [1.807, 2.05) is 13.0 Å². The molecule has 66 valence electrons. The molecule has 0 fully saturated rings. The van der Waals surface area contributed by atoms with Crippen molar-refractivity contribution in [3.8, 4) is 5.75 Å². The van der Waals surface area contributed by atoms with Crippen LogP contribution < -0.4 is 4.74 Å². The first kappa shape index (κ1) is 9.36. The van der Waals surface area contributed by atoms with Crippen LogP contribution in [0.2, 0.25) is 5.02 Å². The summed E-state index contributed by atoms with van der Waals surface area (Å²) in [5, 5.41) is 9.39. The maximum Gasteiger partial charge on any atom is 0.140 e. The van der Waals surface area contributed by atoms with Gasteiger partial charge in [-0.05, 0) is 30.2 Å². The molecule has 0 bridgehead atoms. The number of halogens is 1. The van der Waals surface area contributed by atoms with Crippen molar-refractivity contribution in [2.24, 2.45) is 0 Å². The van der Waals surface area contributed by atoms with Crippen LogP contribution >= 0.6 is 11.6 Å². The Balaban J connectivity index is 3.18. The van der Waals surface area contributed by atoms with Gasteiger partial charge in [0.05, 0.1) is 18.7 Å². The van der Waals surface area contributed by atoms with Crippen LogP contribution in [0.25, 0.3) is 0 Å². The molecule has 0 aliphatic heterocycles. The van der Waals surface area contributed by atoms with E-state index in [1.54, 1.807) is 13.2 Å². The second-order valence-corrected chi connectivity index (χ2v) is 2.99. The predicted octanol–water partition coefficient (Wildman–Crippen LogP) is 2.15. The lowest BCUT2D eigenvalue weighted by atomic mass is 10.1. The molecule has 1 N–H and O–H groups in total. The molecule has 12 heavy (non-hydrogen) atoms. The molecule has 0 aliphatic carbocycles. The topological polar surface area (TPSA) is 29.5 Å². The number of methoxy groups -OCH3 is 1. The number of aliphatic hydroxyl groups is 1. The third-order valence-electron chi connectivity index (χ3n) is 1.68. The second kappa shape index (κ2) is 3.78. The highest BCUT2D eigenvalue weighted by Gasteiger charge is 2.05. The molecule has 0 aliphatic rings. The Labute approximate surface area is 76.7 Å². The van der Waals surface area contributed by atoms with E-state index in [2.05, 4.69) is 0 Å². The number of ether oxygens (including phenoxy) is 1.